The van der Waals surface area contributed by atoms with E-state index >= 15 is 0 Å². The van der Waals surface area contributed by atoms with Crippen LogP contribution in [0.25, 0.3) is 11.4 Å². The average molecular weight is 451 g/mol. The smallest absolute Gasteiger partial charge is 0.328 e. The zero-order valence-electron chi connectivity index (χ0n) is 19.0. The molecule has 1 atom stereocenters. The van der Waals surface area contributed by atoms with Crippen molar-refractivity contribution in [2.75, 3.05) is 20.2 Å². The lowest BCUT2D eigenvalue weighted by atomic mass is 10.0. The predicted octanol–water partition coefficient (Wildman–Crippen LogP) is 3.18. The molecule has 0 radical (unpaired) electrons. The molecule has 1 unspecified atom stereocenters. The molecule has 0 saturated heterocycles. The first-order valence-electron chi connectivity index (χ1n) is 11.2. The van der Waals surface area contributed by atoms with Crippen LogP contribution in [0.5, 0.6) is 0 Å². The van der Waals surface area contributed by atoms with Gasteiger partial charge in [0.1, 0.15) is 6.04 Å². The van der Waals surface area contributed by atoms with E-state index in [4.69, 9.17) is 9.26 Å². The highest BCUT2D eigenvalue weighted by Crippen LogP contribution is 2.18. The summed E-state index contributed by atoms with van der Waals surface area (Å²) < 4.78 is 10.5. The number of nitrogens with one attached hydrogen (secondary N) is 2. The Hall–Kier alpha value is -3.52. The first-order chi connectivity index (χ1) is 16.1. The summed E-state index contributed by atoms with van der Waals surface area (Å²) in [6.07, 6.45) is 3.08. The average Bonchev–Trinajstić information content (AvgIpc) is 3.31. The van der Waals surface area contributed by atoms with Crippen LogP contribution >= 0.6 is 0 Å². The van der Waals surface area contributed by atoms with Crippen LogP contribution in [0.4, 0.5) is 0 Å². The van der Waals surface area contributed by atoms with Crippen molar-refractivity contribution in [3.05, 3.63) is 71.6 Å². The highest BCUT2D eigenvalue weighted by atomic mass is 16.5. The molecule has 33 heavy (non-hydrogen) atoms. The Balaban J connectivity index is 1.63. The Morgan fingerprint density at radius 1 is 1.06 bits per heavy atom. The second kappa shape index (κ2) is 12.5. The second-order valence-corrected chi connectivity index (χ2v) is 7.62. The normalized spacial score (nSPS) is 11.7. The lowest BCUT2D eigenvalue weighted by Crippen LogP contribution is -2.43. The van der Waals surface area contributed by atoms with Gasteiger partial charge in [-0.3, -0.25) is 4.79 Å². The summed E-state index contributed by atoms with van der Waals surface area (Å²) in [7, 11) is 1.93. The molecule has 2 aromatic carbocycles. The maximum Gasteiger partial charge on any atom is 0.328 e. The largest absolute Gasteiger partial charge is 0.464 e. The number of aryl methyl sites for hydroxylation is 1. The third-order valence-electron chi connectivity index (χ3n) is 5.10. The standard InChI is InChI=1S/C25H30N4O4/c1-3-32-25(31)21(17-18-9-5-4-6-10-18)27-24(30)20-14-12-19(13-15-20)23-28-22(33-29-23)11-7-8-16-26-2/h4-6,9-10,12-15,21,26H,3,7-8,11,16-17H2,1-2H3,(H,27,30). The van der Waals surface area contributed by atoms with Crippen LogP contribution in [0.1, 0.15) is 41.6 Å². The molecule has 0 aliphatic rings. The summed E-state index contributed by atoms with van der Waals surface area (Å²) in [6.45, 7) is 2.94. The molecule has 8 heteroatoms. The molecule has 3 rings (SSSR count). The molecule has 1 heterocycles. The summed E-state index contributed by atoms with van der Waals surface area (Å²) in [5, 5.41) is 9.94. The van der Waals surface area contributed by atoms with Gasteiger partial charge < -0.3 is 19.9 Å². The quantitative estimate of drug-likeness (QED) is 0.322. The van der Waals surface area contributed by atoms with E-state index in [2.05, 4.69) is 20.8 Å². The van der Waals surface area contributed by atoms with E-state index < -0.39 is 12.0 Å². The molecule has 0 bridgehead atoms. The highest BCUT2D eigenvalue weighted by molar-refractivity contribution is 5.97. The van der Waals surface area contributed by atoms with Crippen molar-refractivity contribution in [2.24, 2.45) is 0 Å². The Labute approximate surface area is 193 Å². The number of carbonyl (C=O) groups excluding carboxylic acids is 2. The zero-order valence-corrected chi connectivity index (χ0v) is 19.0. The maximum absolute atomic E-state index is 12.8. The molecule has 0 spiro atoms. The van der Waals surface area contributed by atoms with E-state index in [1.165, 1.54) is 0 Å². The number of nitrogens with zero attached hydrogens (tertiary/aromatic N) is 2. The molecular formula is C25H30N4O4. The van der Waals surface area contributed by atoms with E-state index in [1.807, 2.05) is 37.4 Å². The van der Waals surface area contributed by atoms with Crippen molar-refractivity contribution >= 4 is 11.9 Å². The van der Waals surface area contributed by atoms with Gasteiger partial charge in [0.05, 0.1) is 6.61 Å². The van der Waals surface area contributed by atoms with Gasteiger partial charge in [0.2, 0.25) is 11.7 Å². The molecule has 0 aliphatic heterocycles. The van der Waals surface area contributed by atoms with Gasteiger partial charge in [-0.15, -0.1) is 0 Å². The summed E-state index contributed by atoms with van der Waals surface area (Å²) in [6, 6.07) is 15.6. The predicted molar refractivity (Wildman–Crippen MR) is 125 cm³/mol. The minimum absolute atomic E-state index is 0.247. The topological polar surface area (TPSA) is 106 Å². The van der Waals surface area contributed by atoms with Crippen molar-refractivity contribution in [3.8, 4) is 11.4 Å². The van der Waals surface area contributed by atoms with Crippen LogP contribution in [0.15, 0.2) is 59.1 Å². The van der Waals surface area contributed by atoms with Crippen LogP contribution in [0.2, 0.25) is 0 Å². The molecule has 3 aromatic rings. The molecule has 174 valence electrons. The Bertz CT molecular complexity index is 1020. The Morgan fingerprint density at radius 3 is 2.52 bits per heavy atom. The van der Waals surface area contributed by atoms with Gasteiger partial charge in [-0.2, -0.15) is 4.98 Å². The number of aromatic nitrogens is 2. The number of hydrogen-bond donors (Lipinski definition) is 2. The third kappa shape index (κ3) is 7.25. The molecule has 1 amide bonds. The molecule has 8 nitrogen and oxygen atoms in total. The van der Waals surface area contributed by atoms with E-state index in [0.717, 1.165) is 36.9 Å². The van der Waals surface area contributed by atoms with Crippen molar-refractivity contribution < 1.29 is 18.8 Å². The monoisotopic (exact) mass is 450 g/mol. The van der Waals surface area contributed by atoms with Crippen molar-refractivity contribution in [2.45, 2.75) is 38.6 Å². The van der Waals surface area contributed by atoms with Gasteiger partial charge in [0.15, 0.2) is 0 Å². The number of ether oxygens (including phenoxy) is 1. The maximum atomic E-state index is 12.8. The third-order valence-corrected chi connectivity index (χ3v) is 5.10. The lowest BCUT2D eigenvalue weighted by Gasteiger charge is -2.17. The zero-order chi connectivity index (χ0) is 23.5. The van der Waals surface area contributed by atoms with Crippen LogP contribution in [-0.4, -0.2) is 48.3 Å². The number of amides is 1. The van der Waals surface area contributed by atoms with E-state index in [9.17, 15) is 9.59 Å². The number of benzene rings is 2. The summed E-state index contributed by atoms with van der Waals surface area (Å²) in [4.78, 5) is 29.6. The van der Waals surface area contributed by atoms with Gasteiger partial charge in [-0.25, -0.2) is 4.79 Å². The van der Waals surface area contributed by atoms with Crippen molar-refractivity contribution in [3.63, 3.8) is 0 Å². The van der Waals surface area contributed by atoms with Gasteiger partial charge >= 0.3 is 5.97 Å². The van der Waals surface area contributed by atoms with Gasteiger partial charge in [0.25, 0.3) is 5.91 Å². The van der Waals surface area contributed by atoms with Crippen molar-refractivity contribution in [1.29, 1.82) is 0 Å². The van der Waals surface area contributed by atoms with Crippen LogP contribution in [0, 0.1) is 0 Å². The van der Waals surface area contributed by atoms with Crippen LogP contribution in [-0.2, 0) is 22.4 Å². The Morgan fingerprint density at radius 2 is 1.82 bits per heavy atom. The molecule has 1 aromatic heterocycles. The van der Waals surface area contributed by atoms with Gasteiger partial charge in [-0.05, 0) is 51.1 Å². The fraction of sp³-hybridized carbons (Fsp3) is 0.360. The molecule has 0 fully saturated rings. The fourth-order valence-corrected chi connectivity index (χ4v) is 3.35. The Kier molecular flexibility index (Phi) is 9.14. The van der Waals surface area contributed by atoms with Crippen molar-refractivity contribution in [1.82, 2.24) is 20.8 Å². The summed E-state index contributed by atoms with van der Waals surface area (Å²) >= 11 is 0. The van der Waals surface area contributed by atoms with E-state index in [-0.39, 0.29) is 12.5 Å². The molecule has 2 N–H and O–H groups in total. The van der Waals surface area contributed by atoms with E-state index in [0.29, 0.717) is 23.7 Å². The number of rotatable bonds is 12. The molecule has 0 saturated carbocycles. The highest BCUT2D eigenvalue weighted by Gasteiger charge is 2.23. The minimum atomic E-state index is -0.776. The number of esters is 1. The first kappa shape index (κ1) is 24.1. The summed E-state index contributed by atoms with van der Waals surface area (Å²) in [5.41, 5.74) is 2.12. The molecule has 0 aliphatic carbocycles. The number of unbranched alkanes of at least 4 members (excludes halogenated alkanes) is 1. The minimum Gasteiger partial charge on any atom is -0.464 e. The van der Waals surface area contributed by atoms with Crippen LogP contribution in [0.3, 0.4) is 0 Å². The summed E-state index contributed by atoms with van der Waals surface area (Å²) in [5.74, 6) is 0.273. The number of carbonyl (C=O) groups is 2. The fourth-order valence-electron chi connectivity index (χ4n) is 3.35. The SMILES string of the molecule is CCOC(=O)C(Cc1ccccc1)NC(=O)c1ccc(-c2noc(CCCCNC)n2)cc1. The van der Waals surface area contributed by atoms with E-state index in [1.54, 1.807) is 31.2 Å². The van der Waals surface area contributed by atoms with Gasteiger partial charge in [0, 0.05) is 24.0 Å². The first-order valence-corrected chi connectivity index (χ1v) is 11.2. The number of hydrogen-bond acceptors (Lipinski definition) is 7. The van der Waals surface area contributed by atoms with Crippen LogP contribution < -0.4 is 10.6 Å². The molecular weight excluding hydrogens is 420 g/mol. The lowest BCUT2D eigenvalue weighted by molar-refractivity contribution is -0.145. The second-order valence-electron chi connectivity index (χ2n) is 7.62. The van der Waals surface area contributed by atoms with Gasteiger partial charge in [-0.1, -0.05) is 47.6 Å².